The highest BCUT2D eigenvalue weighted by Crippen LogP contribution is 2.37. The van der Waals surface area contributed by atoms with E-state index in [-0.39, 0.29) is 12.1 Å². The van der Waals surface area contributed by atoms with Gasteiger partial charge in [0, 0.05) is 22.7 Å². The first-order valence-electron chi connectivity index (χ1n) is 16.2. The summed E-state index contributed by atoms with van der Waals surface area (Å²) in [5.74, 6) is 0. The van der Waals surface area contributed by atoms with Gasteiger partial charge in [-0.05, 0) is 94.1 Å². The molecule has 2 aliphatic carbocycles. The Morgan fingerprint density at radius 1 is 0.370 bits per heavy atom. The van der Waals surface area contributed by atoms with Gasteiger partial charge in [-0.1, -0.05) is 134 Å². The molecular weight excluding hydrogens is 556 g/mol. The number of benzene rings is 6. The fourth-order valence-corrected chi connectivity index (χ4v) is 6.92. The number of fused-ring (bicyclic) bond motifs is 2. The van der Waals surface area contributed by atoms with Gasteiger partial charge in [0.15, 0.2) is 0 Å². The van der Waals surface area contributed by atoms with Gasteiger partial charge in [-0.2, -0.15) is 0 Å². The Kier molecular flexibility index (Phi) is 7.54. The maximum atomic E-state index is 2.47. The molecule has 6 aromatic rings. The summed E-state index contributed by atoms with van der Waals surface area (Å²) in [6.07, 6.45) is 16.1. The third kappa shape index (κ3) is 5.55. The number of hydrogen-bond donors (Lipinski definition) is 0. The van der Waals surface area contributed by atoms with Crippen LogP contribution < -0.4 is 9.80 Å². The molecule has 0 saturated carbocycles. The Hall–Kier alpha value is -5.60. The second-order valence-electron chi connectivity index (χ2n) is 12.1. The zero-order chi connectivity index (χ0) is 30.7. The maximum Gasteiger partial charge on any atom is 0.0560 e. The SMILES string of the molecule is C1=CC(N(c2ccccc2)c2ccc3ccccc3c2)CC=C1C1=CCC(N(c2ccccc2)c2ccc3ccccc3c2)C=C1. The van der Waals surface area contributed by atoms with Crippen molar-refractivity contribution in [3.05, 3.63) is 193 Å². The molecule has 2 nitrogen and oxygen atoms in total. The van der Waals surface area contributed by atoms with Crippen LogP contribution >= 0.6 is 0 Å². The molecule has 46 heavy (non-hydrogen) atoms. The molecule has 0 aliphatic heterocycles. The number of nitrogens with zero attached hydrogens (tertiary/aromatic N) is 2. The number of para-hydroxylation sites is 2. The maximum absolute atomic E-state index is 2.47. The number of anilines is 4. The normalized spacial score (nSPS) is 17.5. The van der Waals surface area contributed by atoms with E-state index in [2.05, 4.69) is 192 Å². The summed E-state index contributed by atoms with van der Waals surface area (Å²) in [5, 5.41) is 5.05. The van der Waals surface area contributed by atoms with E-state index in [0.717, 1.165) is 12.8 Å². The Labute approximate surface area is 271 Å². The monoisotopic (exact) mass is 592 g/mol. The molecule has 8 rings (SSSR count). The van der Waals surface area contributed by atoms with Crippen molar-refractivity contribution in [1.82, 2.24) is 0 Å². The van der Waals surface area contributed by atoms with Crippen molar-refractivity contribution in [3.8, 4) is 0 Å². The highest BCUT2D eigenvalue weighted by molar-refractivity contribution is 5.88. The lowest BCUT2D eigenvalue weighted by atomic mass is 9.91. The van der Waals surface area contributed by atoms with Gasteiger partial charge < -0.3 is 9.80 Å². The first-order chi connectivity index (χ1) is 22.8. The van der Waals surface area contributed by atoms with Crippen molar-refractivity contribution in [2.45, 2.75) is 24.9 Å². The van der Waals surface area contributed by atoms with Crippen molar-refractivity contribution < 1.29 is 0 Å². The number of rotatable bonds is 7. The second kappa shape index (κ2) is 12.4. The second-order valence-corrected chi connectivity index (χ2v) is 12.1. The van der Waals surface area contributed by atoms with Crippen LogP contribution in [0.25, 0.3) is 21.5 Å². The average Bonchev–Trinajstić information content (AvgIpc) is 3.13. The molecular formula is C44H36N2. The topological polar surface area (TPSA) is 6.48 Å². The van der Waals surface area contributed by atoms with Crippen molar-refractivity contribution in [3.63, 3.8) is 0 Å². The zero-order valence-electron chi connectivity index (χ0n) is 25.8. The van der Waals surface area contributed by atoms with Gasteiger partial charge in [-0.25, -0.2) is 0 Å². The fraction of sp³-hybridized carbons (Fsp3) is 0.0909. The van der Waals surface area contributed by atoms with Crippen molar-refractivity contribution >= 4 is 44.3 Å². The Morgan fingerprint density at radius 2 is 0.761 bits per heavy atom. The molecule has 0 fully saturated rings. The van der Waals surface area contributed by atoms with Gasteiger partial charge in [-0.3, -0.25) is 0 Å². The smallest absolute Gasteiger partial charge is 0.0560 e. The van der Waals surface area contributed by atoms with E-state index in [9.17, 15) is 0 Å². The molecule has 0 aromatic heterocycles. The van der Waals surface area contributed by atoms with E-state index in [0.29, 0.717) is 0 Å². The fourth-order valence-electron chi connectivity index (χ4n) is 6.92. The molecule has 0 spiro atoms. The molecule has 222 valence electrons. The minimum Gasteiger partial charge on any atom is -0.334 e. The van der Waals surface area contributed by atoms with Crippen LogP contribution in [0, 0.1) is 0 Å². The largest absolute Gasteiger partial charge is 0.334 e. The van der Waals surface area contributed by atoms with Crippen molar-refractivity contribution in [1.29, 1.82) is 0 Å². The molecule has 0 saturated heterocycles. The Balaban J connectivity index is 1.04. The van der Waals surface area contributed by atoms with E-state index in [1.54, 1.807) is 0 Å². The van der Waals surface area contributed by atoms with Gasteiger partial charge in [0.05, 0.1) is 12.1 Å². The van der Waals surface area contributed by atoms with E-state index < -0.39 is 0 Å². The summed E-state index contributed by atoms with van der Waals surface area (Å²) in [7, 11) is 0. The Bertz CT molecular complexity index is 1970. The van der Waals surface area contributed by atoms with Gasteiger partial charge >= 0.3 is 0 Å². The molecule has 2 aliphatic rings. The van der Waals surface area contributed by atoms with Gasteiger partial charge in [0.25, 0.3) is 0 Å². The van der Waals surface area contributed by atoms with E-state index in [1.807, 2.05) is 0 Å². The predicted octanol–water partition coefficient (Wildman–Crippen LogP) is 11.5. The van der Waals surface area contributed by atoms with Crippen molar-refractivity contribution in [2.75, 3.05) is 9.80 Å². The third-order valence-electron chi connectivity index (χ3n) is 9.24. The first-order valence-corrected chi connectivity index (χ1v) is 16.2. The molecule has 0 heterocycles. The molecule has 6 aromatic carbocycles. The average molecular weight is 593 g/mol. The summed E-state index contributed by atoms with van der Waals surface area (Å²) in [6, 6.07) is 52.8. The van der Waals surface area contributed by atoms with Crippen LogP contribution in [0.3, 0.4) is 0 Å². The summed E-state index contributed by atoms with van der Waals surface area (Å²) < 4.78 is 0. The van der Waals surface area contributed by atoms with Crippen LogP contribution in [0.4, 0.5) is 22.7 Å². The molecule has 2 heteroatoms. The van der Waals surface area contributed by atoms with Gasteiger partial charge in [0.2, 0.25) is 0 Å². The molecule has 0 amide bonds. The highest BCUT2D eigenvalue weighted by atomic mass is 15.2. The lowest BCUT2D eigenvalue weighted by Crippen LogP contribution is -2.31. The van der Waals surface area contributed by atoms with Crippen molar-refractivity contribution in [2.24, 2.45) is 0 Å². The van der Waals surface area contributed by atoms with Gasteiger partial charge in [-0.15, -0.1) is 0 Å². The zero-order valence-corrected chi connectivity index (χ0v) is 25.8. The quantitative estimate of drug-likeness (QED) is 0.182. The molecule has 0 N–H and O–H groups in total. The van der Waals surface area contributed by atoms with Crippen LogP contribution in [0.15, 0.2) is 193 Å². The standard InChI is InChI=1S/C44H36N2/c1-3-15-39(16-4-1)45(43-29-23-33-11-7-9-13-37(33)31-43)41-25-19-35(20-26-41)36-21-27-42(28-22-36)46(40-17-5-2-6-18-40)44-30-24-34-12-8-10-14-38(34)32-44/h1-25,27,29-32,41-42H,26,28H2. The van der Waals surface area contributed by atoms with Crippen LogP contribution in [0.1, 0.15) is 12.8 Å². The summed E-state index contributed by atoms with van der Waals surface area (Å²) >= 11 is 0. The molecule has 0 radical (unpaired) electrons. The third-order valence-corrected chi connectivity index (χ3v) is 9.24. The van der Waals surface area contributed by atoms with E-state index in [1.165, 1.54) is 55.4 Å². The predicted molar refractivity (Wildman–Crippen MR) is 196 cm³/mol. The van der Waals surface area contributed by atoms with Crippen LogP contribution in [-0.4, -0.2) is 12.1 Å². The lowest BCUT2D eigenvalue weighted by molar-refractivity contribution is 0.772. The summed E-state index contributed by atoms with van der Waals surface area (Å²) in [4.78, 5) is 4.94. The number of hydrogen-bond acceptors (Lipinski definition) is 2. The molecule has 2 atom stereocenters. The summed E-state index contributed by atoms with van der Waals surface area (Å²) in [6.45, 7) is 0. The lowest BCUT2D eigenvalue weighted by Gasteiger charge is -2.34. The van der Waals surface area contributed by atoms with Crippen LogP contribution in [0.5, 0.6) is 0 Å². The Morgan fingerprint density at radius 3 is 1.15 bits per heavy atom. The minimum atomic E-state index is 0.231. The van der Waals surface area contributed by atoms with Crippen LogP contribution in [-0.2, 0) is 0 Å². The van der Waals surface area contributed by atoms with E-state index >= 15 is 0 Å². The van der Waals surface area contributed by atoms with Gasteiger partial charge in [0.1, 0.15) is 0 Å². The number of allylic oxidation sites excluding steroid dienone is 4. The minimum absolute atomic E-state index is 0.231. The first kappa shape index (κ1) is 27.9. The highest BCUT2D eigenvalue weighted by Gasteiger charge is 2.24. The molecule has 0 bridgehead atoms. The van der Waals surface area contributed by atoms with E-state index in [4.69, 9.17) is 0 Å². The molecule has 2 unspecified atom stereocenters. The van der Waals surface area contributed by atoms with Crippen LogP contribution in [0.2, 0.25) is 0 Å². The summed E-state index contributed by atoms with van der Waals surface area (Å²) in [5.41, 5.74) is 7.44.